The Morgan fingerprint density at radius 2 is 1.07 bits per heavy atom. The van der Waals surface area contributed by atoms with Crippen molar-refractivity contribution in [2.24, 2.45) is 0 Å². The molecule has 0 radical (unpaired) electrons. The van der Waals surface area contributed by atoms with Crippen molar-refractivity contribution in [2.45, 2.75) is 116 Å². The number of hydrogen-bond acceptors (Lipinski definition) is 4. The van der Waals surface area contributed by atoms with E-state index >= 15 is 0 Å². The topological polar surface area (TPSA) is 44.8 Å². The molecule has 0 bridgehead atoms. The zero-order valence-corrected chi connectivity index (χ0v) is 20.3. The summed E-state index contributed by atoms with van der Waals surface area (Å²) in [5.41, 5.74) is 0. The van der Waals surface area contributed by atoms with Gasteiger partial charge in [-0.15, -0.1) is 0 Å². The van der Waals surface area contributed by atoms with Gasteiger partial charge in [0.2, 0.25) is 0 Å². The van der Waals surface area contributed by atoms with Crippen LogP contribution < -0.4 is 0 Å². The smallest absolute Gasteiger partial charge is 0.459 e. The highest BCUT2D eigenvalue weighted by atomic mass is 28.4. The van der Waals surface area contributed by atoms with Gasteiger partial charge in [0.1, 0.15) is 0 Å². The molecular formula is C22H43F3O4Si. The van der Waals surface area contributed by atoms with E-state index in [9.17, 15) is 18.0 Å². The van der Waals surface area contributed by atoms with Crippen LogP contribution >= 0.6 is 0 Å². The number of rotatable bonds is 20. The van der Waals surface area contributed by atoms with Crippen molar-refractivity contribution in [3.05, 3.63) is 0 Å². The first-order valence-electron chi connectivity index (χ1n) is 11.8. The molecule has 0 N–H and O–H groups in total. The lowest BCUT2D eigenvalue weighted by atomic mass is 10.0. The maximum Gasteiger partial charge on any atom is 0.490 e. The van der Waals surface area contributed by atoms with Crippen molar-refractivity contribution in [1.82, 2.24) is 0 Å². The third-order valence-electron chi connectivity index (χ3n) is 5.14. The minimum atomic E-state index is -4.88. The molecule has 0 saturated heterocycles. The Kier molecular flexibility index (Phi) is 17.7. The van der Waals surface area contributed by atoms with Gasteiger partial charge in [-0.3, -0.25) is 0 Å². The van der Waals surface area contributed by atoms with Crippen LogP contribution in [-0.4, -0.2) is 40.5 Å². The highest BCUT2D eigenvalue weighted by Crippen LogP contribution is 2.20. The number of unbranched alkanes of at least 4 members (excludes halogenated alkanes) is 12. The molecule has 0 rings (SSSR count). The summed E-state index contributed by atoms with van der Waals surface area (Å²) in [5, 5.41) is 0. The lowest BCUT2D eigenvalue weighted by Gasteiger charge is -2.25. The highest BCUT2D eigenvalue weighted by molar-refractivity contribution is 6.66. The number of esters is 1. The van der Waals surface area contributed by atoms with Crippen LogP contribution in [0.3, 0.4) is 0 Å². The maximum absolute atomic E-state index is 11.9. The van der Waals surface area contributed by atoms with Crippen LogP contribution in [0.2, 0.25) is 12.6 Å². The number of carbonyl (C=O) groups is 1. The van der Waals surface area contributed by atoms with Crippen molar-refractivity contribution in [3.8, 4) is 0 Å². The second-order valence-corrected chi connectivity index (χ2v) is 11.3. The van der Waals surface area contributed by atoms with Gasteiger partial charge < -0.3 is 13.6 Å². The zero-order chi connectivity index (χ0) is 22.7. The van der Waals surface area contributed by atoms with Gasteiger partial charge in [0, 0.05) is 13.2 Å². The van der Waals surface area contributed by atoms with E-state index < -0.39 is 20.7 Å². The number of alkyl halides is 3. The second-order valence-electron chi connectivity index (χ2n) is 7.98. The number of ether oxygens (including phenoxy) is 1. The molecule has 0 heterocycles. The van der Waals surface area contributed by atoms with Crippen LogP contribution in [0.4, 0.5) is 13.2 Å². The first kappa shape index (κ1) is 29.4. The summed E-state index contributed by atoms with van der Waals surface area (Å²) in [4.78, 5) is 10.5. The van der Waals surface area contributed by atoms with Gasteiger partial charge in [0.25, 0.3) is 0 Å². The third kappa shape index (κ3) is 17.1. The van der Waals surface area contributed by atoms with Crippen LogP contribution in [0.25, 0.3) is 0 Å². The molecule has 0 aliphatic heterocycles. The summed E-state index contributed by atoms with van der Waals surface area (Å²) in [6.45, 7) is 7.57. The molecule has 0 fully saturated rings. The summed E-state index contributed by atoms with van der Waals surface area (Å²) >= 11 is 0. The molecule has 0 aliphatic rings. The Bertz CT molecular complexity index is 414. The second kappa shape index (κ2) is 18.0. The van der Waals surface area contributed by atoms with Crippen molar-refractivity contribution in [1.29, 1.82) is 0 Å². The molecule has 8 heteroatoms. The Balaban J connectivity index is 3.34. The van der Waals surface area contributed by atoms with Crippen LogP contribution in [-0.2, 0) is 18.4 Å². The number of hydrogen-bond donors (Lipinski definition) is 0. The minimum Gasteiger partial charge on any atom is -0.459 e. The summed E-state index contributed by atoms with van der Waals surface area (Å²) < 4.78 is 51.7. The van der Waals surface area contributed by atoms with E-state index in [4.69, 9.17) is 8.85 Å². The normalized spacial score (nSPS) is 12.3. The summed E-state index contributed by atoms with van der Waals surface area (Å²) in [5.74, 6) is -2.08. The van der Waals surface area contributed by atoms with Crippen molar-refractivity contribution < 1.29 is 31.6 Å². The van der Waals surface area contributed by atoms with E-state index in [1.807, 2.05) is 13.8 Å². The van der Waals surface area contributed by atoms with Crippen LogP contribution in [0.1, 0.15) is 97.3 Å². The lowest BCUT2D eigenvalue weighted by Crippen LogP contribution is -2.38. The average Bonchev–Trinajstić information content (AvgIpc) is 2.67. The molecule has 0 saturated carbocycles. The molecule has 0 aromatic rings. The molecule has 0 atom stereocenters. The van der Waals surface area contributed by atoms with Gasteiger partial charge in [0.15, 0.2) is 0 Å². The molecule has 0 aromatic heterocycles. The van der Waals surface area contributed by atoms with Gasteiger partial charge in [-0.2, -0.15) is 13.2 Å². The predicted octanol–water partition coefficient (Wildman–Crippen LogP) is 7.31. The van der Waals surface area contributed by atoms with E-state index in [2.05, 4.69) is 11.3 Å². The first-order chi connectivity index (χ1) is 14.2. The molecule has 0 amide bonds. The van der Waals surface area contributed by atoms with Crippen LogP contribution in [0.5, 0.6) is 0 Å². The molecule has 0 aromatic carbocycles. The maximum atomic E-state index is 11.9. The first-order valence-corrected chi connectivity index (χ1v) is 14.3. The highest BCUT2D eigenvalue weighted by Gasteiger charge is 2.40. The van der Waals surface area contributed by atoms with Crippen molar-refractivity contribution in [3.63, 3.8) is 0 Å². The Morgan fingerprint density at radius 1 is 0.700 bits per heavy atom. The molecule has 0 spiro atoms. The lowest BCUT2D eigenvalue weighted by molar-refractivity contribution is -0.199. The predicted molar refractivity (Wildman–Crippen MR) is 117 cm³/mol. The molecule has 0 unspecified atom stereocenters. The fraction of sp³-hybridized carbons (Fsp3) is 0.955. The summed E-state index contributed by atoms with van der Waals surface area (Å²) in [6, 6.07) is 1.08. The molecule has 30 heavy (non-hydrogen) atoms. The summed E-state index contributed by atoms with van der Waals surface area (Å²) in [6.07, 6.45) is 9.71. The van der Waals surface area contributed by atoms with Gasteiger partial charge in [0.05, 0.1) is 6.61 Å². The fourth-order valence-electron chi connectivity index (χ4n) is 3.54. The van der Waals surface area contributed by atoms with Gasteiger partial charge >= 0.3 is 20.7 Å². The van der Waals surface area contributed by atoms with E-state index in [-0.39, 0.29) is 6.61 Å². The Hall–Kier alpha value is -0.603. The SMILES string of the molecule is CCO[Si](C)(CCCCCCCCCCCCCCCOC(=O)C(F)(F)F)OCC. The molecule has 180 valence electrons. The largest absolute Gasteiger partial charge is 0.490 e. The minimum absolute atomic E-state index is 0.142. The van der Waals surface area contributed by atoms with Gasteiger partial charge in [-0.1, -0.05) is 77.0 Å². The van der Waals surface area contributed by atoms with Gasteiger partial charge in [-0.05, 0) is 32.9 Å². The van der Waals surface area contributed by atoms with E-state index in [1.54, 1.807) is 0 Å². The molecular weight excluding hydrogens is 413 g/mol. The van der Waals surface area contributed by atoms with Crippen molar-refractivity contribution in [2.75, 3.05) is 19.8 Å². The van der Waals surface area contributed by atoms with E-state index in [0.717, 1.165) is 38.5 Å². The number of halogens is 3. The van der Waals surface area contributed by atoms with E-state index in [0.29, 0.717) is 6.42 Å². The zero-order valence-electron chi connectivity index (χ0n) is 19.3. The van der Waals surface area contributed by atoms with E-state index in [1.165, 1.54) is 57.8 Å². The van der Waals surface area contributed by atoms with Crippen LogP contribution in [0, 0.1) is 0 Å². The molecule has 4 nitrogen and oxygen atoms in total. The monoisotopic (exact) mass is 456 g/mol. The van der Waals surface area contributed by atoms with Crippen LogP contribution in [0.15, 0.2) is 0 Å². The van der Waals surface area contributed by atoms with Gasteiger partial charge in [-0.25, -0.2) is 4.79 Å². The molecule has 0 aliphatic carbocycles. The standard InChI is InChI=1S/C22H43F3O4Si/c1-4-28-30(3,29-5-2)20-18-16-14-12-10-8-6-7-9-11-13-15-17-19-27-21(26)22(23,24)25/h4-20H2,1-3H3. The fourth-order valence-corrected chi connectivity index (χ4v) is 6.02. The quantitative estimate of drug-likeness (QED) is 0.109. The number of carbonyl (C=O) groups excluding carboxylic acids is 1. The van der Waals surface area contributed by atoms with Crippen molar-refractivity contribution >= 4 is 14.5 Å². The summed E-state index contributed by atoms with van der Waals surface area (Å²) in [7, 11) is -1.93. The third-order valence-corrected chi connectivity index (χ3v) is 8.20. The Morgan fingerprint density at radius 3 is 1.43 bits per heavy atom. The average molecular weight is 457 g/mol. The Labute approximate surface area is 182 Å².